The zero-order chi connectivity index (χ0) is 50.4. The molecule has 2 aromatic carbocycles. The number of halogens is 1. The van der Waals surface area contributed by atoms with Crippen LogP contribution in [0, 0.1) is 12.7 Å². The van der Waals surface area contributed by atoms with Gasteiger partial charge in [0.1, 0.15) is 43.9 Å². The molecule has 2 aromatic heterocycles. The van der Waals surface area contributed by atoms with Crippen LogP contribution in [-0.2, 0) is 74.1 Å². The highest BCUT2D eigenvalue weighted by atomic mass is 19.1. The molecule has 0 saturated carbocycles. The fourth-order valence-corrected chi connectivity index (χ4v) is 8.32. The Bertz CT molecular complexity index is 2850. The molecule has 5 heterocycles. The number of nitrogens with zero attached hydrogens (tertiary/aromatic N) is 4. The van der Waals surface area contributed by atoms with Crippen molar-refractivity contribution in [2.45, 2.75) is 104 Å². The molecular formula is C49H53FN8O12. The van der Waals surface area contributed by atoms with Crippen molar-refractivity contribution in [3.63, 3.8) is 0 Å². The summed E-state index contributed by atoms with van der Waals surface area (Å²) in [5, 5.41) is 21.3. The van der Waals surface area contributed by atoms with Crippen LogP contribution in [0.1, 0.15) is 85.9 Å². The quantitative estimate of drug-likeness (QED) is 0.0322. The van der Waals surface area contributed by atoms with Crippen LogP contribution in [0.3, 0.4) is 0 Å². The number of benzene rings is 2. The molecule has 0 radical (unpaired) electrons. The van der Waals surface area contributed by atoms with Gasteiger partial charge in [-0.25, -0.2) is 14.2 Å². The number of hydrogen-bond donors (Lipinski definition) is 5. The maximum Gasteiger partial charge on any atom is 0.340 e. The monoisotopic (exact) mass is 964 g/mol. The lowest BCUT2D eigenvalue weighted by Crippen LogP contribution is -2.54. The van der Waals surface area contributed by atoms with Crippen LogP contribution in [0.15, 0.2) is 65.5 Å². The molecule has 0 saturated heterocycles. The van der Waals surface area contributed by atoms with E-state index in [1.165, 1.54) is 54.5 Å². The van der Waals surface area contributed by atoms with Gasteiger partial charge in [-0.3, -0.25) is 43.3 Å². The first-order valence-electron chi connectivity index (χ1n) is 22.8. The molecule has 21 heteroatoms. The second-order valence-electron chi connectivity index (χ2n) is 17.4. The van der Waals surface area contributed by atoms with Crippen molar-refractivity contribution in [2.24, 2.45) is 0 Å². The van der Waals surface area contributed by atoms with Crippen molar-refractivity contribution in [3.8, 4) is 11.4 Å². The highest BCUT2D eigenvalue weighted by Crippen LogP contribution is 2.39. The van der Waals surface area contributed by atoms with Crippen LogP contribution >= 0.6 is 0 Å². The van der Waals surface area contributed by atoms with E-state index >= 15 is 4.39 Å². The normalized spacial score (nSPS) is 15.9. The third kappa shape index (κ3) is 11.3. The molecule has 4 aromatic rings. The van der Waals surface area contributed by atoms with Gasteiger partial charge in [-0.1, -0.05) is 36.8 Å². The van der Waals surface area contributed by atoms with E-state index in [2.05, 4.69) is 21.3 Å². The Kier molecular flexibility index (Phi) is 15.6. The molecule has 3 aliphatic heterocycles. The lowest BCUT2D eigenvalue weighted by atomic mass is 9.97. The Morgan fingerprint density at radius 1 is 0.871 bits per heavy atom. The number of fused-ring (bicyclic) bond motifs is 5. The average molecular weight is 965 g/mol. The van der Waals surface area contributed by atoms with Crippen LogP contribution in [0.25, 0.3) is 22.3 Å². The molecule has 7 amide bonds. The second kappa shape index (κ2) is 21.8. The van der Waals surface area contributed by atoms with E-state index in [-0.39, 0.29) is 67.7 Å². The Morgan fingerprint density at radius 2 is 1.54 bits per heavy atom. The summed E-state index contributed by atoms with van der Waals surface area (Å²) in [6.07, 6.45) is 2.41. The summed E-state index contributed by atoms with van der Waals surface area (Å²) in [5.74, 6) is -5.00. The lowest BCUT2D eigenvalue weighted by Gasteiger charge is -2.25. The molecule has 0 fully saturated rings. The van der Waals surface area contributed by atoms with Gasteiger partial charge in [-0.2, -0.15) is 0 Å². The minimum atomic E-state index is -1.68. The summed E-state index contributed by atoms with van der Waals surface area (Å²) < 4.78 is 27.2. The fourth-order valence-electron chi connectivity index (χ4n) is 8.32. The summed E-state index contributed by atoms with van der Waals surface area (Å²) in [4.78, 5) is 122. The largest absolute Gasteiger partial charge is 0.458 e. The number of aryl methyl sites for hydroxylation is 1. The van der Waals surface area contributed by atoms with E-state index in [1.807, 2.05) is 30.3 Å². The first kappa shape index (κ1) is 50.2. The van der Waals surface area contributed by atoms with Crippen molar-refractivity contribution in [3.05, 3.63) is 110 Å². The standard InChI is InChI=1S/C49H53FN8O12/c1-26-17-31-33(34-22-58-38(43(34)55-37(31)19-36(26)50)18-32-35(48(58)67)23-70-49(68)44(32)63)21-56(20-30-11-7-5-8-12-30)42(62)24-69-25-51-45(64)27(2)53-47(66)29(4)54-46(65)28(3)52-39(59)13-9-6-10-16-57-40(60)14-15-41(57)61/h5,7-8,11-12,14-15,17-19,27-29,44,63H,6,9-10,13,16,20-25H2,1-4H3,(H,51,64)(H,52,59)(H,53,66)(H,54,65)/t27-,28-,29+,44-/m0/s1. The van der Waals surface area contributed by atoms with Gasteiger partial charge in [0, 0.05) is 60.8 Å². The number of carbonyl (C=O) groups excluding carboxylic acids is 8. The van der Waals surface area contributed by atoms with Crippen LogP contribution in [-0.4, -0.2) is 110 Å². The number of rotatable bonds is 20. The van der Waals surface area contributed by atoms with E-state index in [9.17, 15) is 48.3 Å². The maximum atomic E-state index is 15.1. The number of esters is 1. The number of nitrogens with one attached hydrogen (secondary N) is 4. The van der Waals surface area contributed by atoms with Crippen LogP contribution in [0.4, 0.5) is 4.39 Å². The zero-order valence-electron chi connectivity index (χ0n) is 39.0. The number of aromatic nitrogens is 2. The minimum Gasteiger partial charge on any atom is -0.458 e. The Labute approximate surface area is 400 Å². The van der Waals surface area contributed by atoms with Gasteiger partial charge >= 0.3 is 5.97 Å². The number of pyridine rings is 2. The van der Waals surface area contributed by atoms with Crippen molar-refractivity contribution in [1.29, 1.82) is 0 Å². The summed E-state index contributed by atoms with van der Waals surface area (Å²) >= 11 is 0. The molecule has 70 heavy (non-hydrogen) atoms. The predicted molar refractivity (Wildman–Crippen MR) is 247 cm³/mol. The molecule has 0 unspecified atom stereocenters. The molecule has 0 aliphatic carbocycles. The lowest BCUT2D eigenvalue weighted by molar-refractivity contribution is -0.157. The Morgan fingerprint density at radius 3 is 2.24 bits per heavy atom. The molecule has 3 aliphatic rings. The Balaban J connectivity index is 0.933. The average Bonchev–Trinajstić information content (AvgIpc) is 3.86. The SMILES string of the molecule is Cc1cc2c(CN(Cc3ccccc3)C(=O)COCNC(=O)[C@H](C)NC(=O)[C@@H](C)NC(=O)[C@H](C)NC(=O)CCCCCN3C(=O)C=CC3=O)c3c(nc2cc1F)-c1cc2c(c(=O)n1C3)COC(=O)[C@H]2O. The first-order valence-corrected chi connectivity index (χ1v) is 22.8. The molecular weight excluding hydrogens is 912 g/mol. The zero-order valence-corrected chi connectivity index (χ0v) is 39.0. The summed E-state index contributed by atoms with van der Waals surface area (Å²) in [6, 6.07) is 10.4. The van der Waals surface area contributed by atoms with Gasteiger partial charge in [-0.15, -0.1) is 0 Å². The highest BCUT2D eigenvalue weighted by molar-refractivity contribution is 6.12. The van der Waals surface area contributed by atoms with Gasteiger partial charge in [0.2, 0.25) is 29.5 Å². The molecule has 0 bridgehead atoms. The van der Waals surface area contributed by atoms with Gasteiger partial charge in [0.25, 0.3) is 17.4 Å². The topological polar surface area (TPSA) is 265 Å². The summed E-state index contributed by atoms with van der Waals surface area (Å²) in [6.45, 7) is 4.98. The van der Waals surface area contributed by atoms with Crippen molar-refractivity contribution < 1.29 is 57.3 Å². The van der Waals surface area contributed by atoms with E-state index < -0.39 is 84.4 Å². The number of cyclic esters (lactones) is 1. The van der Waals surface area contributed by atoms with Gasteiger partial charge in [0.15, 0.2) is 6.10 Å². The van der Waals surface area contributed by atoms with E-state index in [0.29, 0.717) is 52.7 Å². The smallest absolute Gasteiger partial charge is 0.340 e. The maximum absolute atomic E-state index is 15.1. The van der Waals surface area contributed by atoms with Crippen LogP contribution in [0.2, 0.25) is 0 Å². The number of amides is 7. The highest BCUT2D eigenvalue weighted by Gasteiger charge is 2.35. The number of ether oxygens (including phenoxy) is 2. The molecule has 7 rings (SSSR count). The molecule has 0 spiro atoms. The van der Waals surface area contributed by atoms with Crippen molar-refractivity contribution in [2.75, 3.05) is 19.9 Å². The second-order valence-corrected chi connectivity index (χ2v) is 17.4. The van der Waals surface area contributed by atoms with Crippen molar-refractivity contribution >= 4 is 58.2 Å². The van der Waals surface area contributed by atoms with Gasteiger partial charge < -0.3 is 45.3 Å². The predicted octanol–water partition coefficient (Wildman–Crippen LogP) is 1.58. The molecule has 4 atom stereocenters. The van der Waals surface area contributed by atoms with Crippen LogP contribution in [0.5, 0.6) is 0 Å². The summed E-state index contributed by atoms with van der Waals surface area (Å²) in [5.41, 5.74) is 2.89. The van der Waals surface area contributed by atoms with E-state index in [1.54, 1.807) is 13.0 Å². The van der Waals surface area contributed by atoms with Crippen molar-refractivity contribution in [1.82, 2.24) is 40.6 Å². The number of unbranched alkanes of at least 4 members (excludes halogenated alkanes) is 2. The number of hydrogen-bond acceptors (Lipinski definition) is 13. The number of aliphatic hydroxyl groups excluding tert-OH is 1. The molecule has 5 N–H and O–H groups in total. The van der Waals surface area contributed by atoms with Gasteiger partial charge in [-0.05, 0) is 69.4 Å². The summed E-state index contributed by atoms with van der Waals surface area (Å²) in [7, 11) is 0. The first-order chi connectivity index (χ1) is 33.4. The number of carbonyl (C=O) groups is 8. The fraction of sp³-hybridized carbons (Fsp3) is 0.388. The van der Waals surface area contributed by atoms with Crippen LogP contribution < -0.4 is 26.8 Å². The third-order valence-electron chi connectivity index (χ3n) is 12.3. The molecule has 20 nitrogen and oxygen atoms in total. The van der Waals surface area contributed by atoms with E-state index in [0.717, 1.165) is 10.5 Å². The third-order valence-corrected chi connectivity index (χ3v) is 12.3. The Hall–Kier alpha value is -7.65. The van der Waals surface area contributed by atoms with E-state index in [4.69, 9.17) is 14.5 Å². The van der Waals surface area contributed by atoms with Gasteiger partial charge in [0.05, 0.1) is 29.0 Å². The molecule has 368 valence electrons. The number of imide groups is 1. The minimum absolute atomic E-state index is 0.0278. The number of aliphatic hydroxyl groups is 1.